The summed E-state index contributed by atoms with van der Waals surface area (Å²) in [4.78, 5) is 22.5. The van der Waals surface area contributed by atoms with E-state index >= 15 is 0 Å². The minimum Gasteiger partial charge on any atom is -0.481 e. The SMILES string of the molecule is CCC(OC)C(=O)NC1(CC(=O)O)CCC1. The second-order valence-electron chi connectivity index (χ2n) is 4.33. The predicted molar refractivity (Wildman–Crippen MR) is 58.1 cm³/mol. The lowest BCUT2D eigenvalue weighted by molar-refractivity contribution is -0.142. The molecule has 0 heterocycles. The Morgan fingerprint density at radius 3 is 2.44 bits per heavy atom. The van der Waals surface area contributed by atoms with E-state index < -0.39 is 17.6 Å². The van der Waals surface area contributed by atoms with Gasteiger partial charge in [-0.15, -0.1) is 0 Å². The summed E-state index contributed by atoms with van der Waals surface area (Å²) in [7, 11) is 1.48. The molecule has 16 heavy (non-hydrogen) atoms. The van der Waals surface area contributed by atoms with E-state index in [2.05, 4.69) is 5.32 Å². The van der Waals surface area contributed by atoms with Gasteiger partial charge in [0, 0.05) is 7.11 Å². The summed E-state index contributed by atoms with van der Waals surface area (Å²) in [5.74, 6) is -1.07. The fourth-order valence-electron chi connectivity index (χ4n) is 2.04. The first-order valence-corrected chi connectivity index (χ1v) is 5.59. The van der Waals surface area contributed by atoms with Gasteiger partial charge in [-0.3, -0.25) is 9.59 Å². The highest BCUT2D eigenvalue weighted by Gasteiger charge is 2.41. The topological polar surface area (TPSA) is 75.6 Å². The maximum Gasteiger partial charge on any atom is 0.305 e. The van der Waals surface area contributed by atoms with Crippen LogP contribution < -0.4 is 5.32 Å². The second kappa shape index (κ2) is 5.30. The summed E-state index contributed by atoms with van der Waals surface area (Å²) in [5.41, 5.74) is -0.533. The van der Waals surface area contributed by atoms with Crippen molar-refractivity contribution in [1.29, 1.82) is 0 Å². The molecule has 1 fully saturated rings. The number of hydrogen-bond acceptors (Lipinski definition) is 3. The van der Waals surface area contributed by atoms with Gasteiger partial charge in [0.2, 0.25) is 5.91 Å². The van der Waals surface area contributed by atoms with Gasteiger partial charge < -0.3 is 15.2 Å². The van der Waals surface area contributed by atoms with E-state index in [9.17, 15) is 9.59 Å². The molecular weight excluding hydrogens is 210 g/mol. The van der Waals surface area contributed by atoms with Gasteiger partial charge >= 0.3 is 5.97 Å². The number of aliphatic carboxylic acids is 1. The van der Waals surface area contributed by atoms with Crippen LogP contribution in [-0.2, 0) is 14.3 Å². The molecule has 1 saturated carbocycles. The molecule has 0 spiro atoms. The molecule has 1 aliphatic carbocycles. The first-order chi connectivity index (χ1) is 7.53. The molecule has 0 saturated heterocycles. The molecular formula is C11H19NO4. The van der Waals surface area contributed by atoms with Crippen molar-refractivity contribution in [3.05, 3.63) is 0 Å². The smallest absolute Gasteiger partial charge is 0.305 e. The Balaban J connectivity index is 2.56. The molecule has 1 rings (SSSR count). The number of ether oxygens (including phenoxy) is 1. The minimum absolute atomic E-state index is 0.00110. The monoisotopic (exact) mass is 229 g/mol. The van der Waals surface area contributed by atoms with Crippen molar-refractivity contribution in [3.8, 4) is 0 Å². The third-order valence-corrected chi connectivity index (χ3v) is 3.14. The molecule has 92 valence electrons. The Bertz CT molecular complexity index is 269. The van der Waals surface area contributed by atoms with E-state index in [4.69, 9.17) is 9.84 Å². The number of amides is 1. The molecule has 1 amide bonds. The molecule has 0 aromatic carbocycles. The zero-order valence-corrected chi connectivity index (χ0v) is 9.78. The first kappa shape index (κ1) is 13.0. The Morgan fingerprint density at radius 1 is 1.50 bits per heavy atom. The van der Waals surface area contributed by atoms with Crippen LogP contribution in [0.25, 0.3) is 0 Å². The van der Waals surface area contributed by atoms with E-state index in [1.807, 2.05) is 6.92 Å². The van der Waals surface area contributed by atoms with Crippen molar-refractivity contribution in [2.24, 2.45) is 0 Å². The highest BCUT2D eigenvalue weighted by atomic mass is 16.5. The Hall–Kier alpha value is -1.10. The summed E-state index contributed by atoms with van der Waals surface area (Å²) < 4.78 is 5.02. The van der Waals surface area contributed by atoms with Gasteiger partial charge in [-0.25, -0.2) is 0 Å². The Morgan fingerprint density at radius 2 is 2.12 bits per heavy atom. The lowest BCUT2D eigenvalue weighted by Gasteiger charge is -2.42. The largest absolute Gasteiger partial charge is 0.481 e. The molecule has 0 aromatic heterocycles. The minimum atomic E-state index is -0.870. The highest BCUT2D eigenvalue weighted by Crippen LogP contribution is 2.35. The van der Waals surface area contributed by atoms with E-state index in [-0.39, 0.29) is 12.3 Å². The average Bonchev–Trinajstić information content (AvgIpc) is 2.15. The van der Waals surface area contributed by atoms with Gasteiger partial charge in [-0.2, -0.15) is 0 Å². The van der Waals surface area contributed by atoms with Crippen molar-refractivity contribution in [1.82, 2.24) is 5.32 Å². The molecule has 5 heteroatoms. The quantitative estimate of drug-likeness (QED) is 0.710. The first-order valence-electron chi connectivity index (χ1n) is 5.59. The molecule has 5 nitrogen and oxygen atoms in total. The number of nitrogens with one attached hydrogen (secondary N) is 1. The number of carboxylic acid groups (broad SMARTS) is 1. The standard InChI is InChI=1S/C11H19NO4/c1-3-8(16-2)10(15)12-11(5-4-6-11)7-9(13)14/h8H,3-7H2,1-2H3,(H,12,15)(H,13,14). The number of methoxy groups -OCH3 is 1. The predicted octanol–water partition coefficient (Wildman–Crippen LogP) is 0.925. The number of carbonyl (C=O) groups is 2. The lowest BCUT2D eigenvalue weighted by Crippen LogP contribution is -2.57. The molecule has 2 N–H and O–H groups in total. The van der Waals surface area contributed by atoms with Crippen molar-refractivity contribution >= 4 is 11.9 Å². The Labute approximate surface area is 95.2 Å². The van der Waals surface area contributed by atoms with Crippen molar-refractivity contribution in [2.45, 2.75) is 50.7 Å². The average molecular weight is 229 g/mol. The number of hydrogen-bond donors (Lipinski definition) is 2. The van der Waals surface area contributed by atoms with Gasteiger partial charge in [-0.1, -0.05) is 6.92 Å². The third-order valence-electron chi connectivity index (χ3n) is 3.14. The fourth-order valence-corrected chi connectivity index (χ4v) is 2.04. The van der Waals surface area contributed by atoms with Crippen LogP contribution in [0.1, 0.15) is 39.0 Å². The van der Waals surface area contributed by atoms with Crippen LogP contribution >= 0.6 is 0 Å². The van der Waals surface area contributed by atoms with Crippen molar-refractivity contribution in [2.75, 3.05) is 7.11 Å². The Kier molecular flexibility index (Phi) is 4.29. The van der Waals surface area contributed by atoms with Crippen LogP contribution in [-0.4, -0.2) is 35.7 Å². The van der Waals surface area contributed by atoms with Gasteiger partial charge in [0.15, 0.2) is 0 Å². The zero-order chi connectivity index (χ0) is 12.2. The van der Waals surface area contributed by atoms with Crippen LogP contribution in [0.5, 0.6) is 0 Å². The number of rotatable bonds is 6. The van der Waals surface area contributed by atoms with E-state index in [1.165, 1.54) is 7.11 Å². The highest BCUT2D eigenvalue weighted by molar-refractivity contribution is 5.82. The maximum atomic E-state index is 11.8. The summed E-state index contributed by atoms with van der Waals surface area (Å²) in [6.45, 7) is 1.86. The summed E-state index contributed by atoms with van der Waals surface area (Å²) in [5, 5.41) is 11.6. The molecule has 1 aliphatic rings. The lowest BCUT2D eigenvalue weighted by atomic mass is 9.74. The van der Waals surface area contributed by atoms with E-state index in [0.717, 1.165) is 19.3 Å². The number of carbonyl (C=O) groups excluding carboxylic acids is 1. The van der Waals surface area contributed by atoms with Crippen LogP contribution in [0.3, 0.4) is 0 Å². The van der Waals surface area contributed by atoms with Gasteiger partial charge in [0.1, 0.15) is 6.10 Å². The zero-order valence-electron chi connectivity index (χ0n) is 9.78. The van der Waals surface area contributed by atoms with Gasteiger partial charge in [0.05, 0.1) is 12.0 Å². The normalized spacial score (nSPS) is 19.6. The molecule has 1 unspecified atom stereocenters. The summed E-state index contributed by atoms with van der Waals surface area (Å²) in [6, 6.07) is 0. The molecule has 1 atom stereocenters. The molecule has 0 aromatic rings. The maximum absolute atomic E-state index is 11.8. The van der Waals surface area contributed by atoms with E-state index in [1.54, 1.807) is 0 Å². The second-order valence-corrected chi connectivity index (χ2v) is 4.33. The van der Waals surface area contributed by atoms with E-state index in [0.29, 0.717) is 6.42 Å². The number of carboxylic acids is 1. The van der Waals surface area contributed by atoms with Crippen LogP contribution in [0.2, 0.25) is 0 Å². The molecule has 0 aliphatic heterocycles. The van der Waals surface area contributed by atoms with Gasteiger partial charge in [-0.05, 0) is 25.7 Å². The molecule has 0 bridgehead atoms. The molecule has 0 radical (unpaired) electrons. The van der Waals surface area contributed by atoms with Crippen molar-refractivity contribution in [3.63, 3.8) is 0 Å². The van der Waals surface area contributed by atoms with Gasteiger partial charge in [0.25, 0.3) is 0 Å². The van der Waals surface area contributed by atoms with Crippen molar-refractivity contribution < 1.29 is 19.4 Å². The van der Waals surface area contributed by atoms with Crippen LogP contribution in [0.15, 0.2) is 0 Å². The summed E-state index contributed by atoms with van der Waals surface area (Å²) >= 11 is 0. The van der Waals surface area contributed by atoms with Crippen LogP contribution in [0, 0.1) is 0 Å². The van der Waals surface area contributed by atoms with Crippen LogP contribution in [0.4, 0.5) is 0 Å². The third kappa shape index (κ3) is 2.95. The summed E-state index contributed by atoms with van der Waals surface area (Å²) in [6.07, 6.45) is 2.56. The fraction of sp³-hybridized carbons (Fsp3) is 0.818.